The van der Waals surface area contributed by atoms with Crippen molar-refractivity contribution in [2.24, 2.45) is 10.9 Å². The van der Waals surface area contributed by atoms with Gasteiger partial charge in [-0.25, -0.2) is 4.98 Å². The number of halogens is 1. The number of carbonyl (C=O) groups excluding carboxylic acids is 1. The standard InChI is InChI=1S/C17H29N5OS.HI/c1-12-13(2)24-15(22-12)11-21-17(18-3)20-10-9-19-16(23)14-7-5-4-6-8-14;/h14H,4-11H2,1-3H3,(H,19,23)(H2,18,20,21);1H. The largest absolute Gasteiger partial charge is 0.355 e. The molecule has 0 aliphatic heterocycles. The Morgan fingerprint density at radius 3 is 2.44 bits per heavy atom. The van der Waals surface area contributed by atoms with E-state index in [1.54, 1.807) is 18.4 Å². The van der Waals surface area contributed by atoms with E-state index in [4.69, 9.17) is 0 Å². The molecule has 1 saturated carbocycles. The van der Waals surface area contributed by atoms with E-state index in [-0.39, 0.29) is 35.8 Å². The lowest BCUT2D eigenvalue weighted by molar-refractivity contribution is -0.125. The summed E-state index contributed by atoms with van der Waals surface area (Å²) in [6.07, 6.45) is 5.71. The number of rotatable bonds is 6. The van der Waals surface area contributed by atoms with E-state index in [1.165, 1.54) is 24.1 Å². The minimum Gasteiger partial charge on any atom is -0.355 e. The number of amides is 1. The third kappa shape index (κ3) is 7.47. The Balaban J connectivity index is 0.00000312. The molecule has 0 saturated heterocycles. The van der Waals surface area contributed by atoms with Crippen LogP contribution in [-0.4, -0.2) is 37.0 Å². The van der Waals surface area contributed by atoms with E-state index in [2.05, 4.69) is 32.9 Å². The van der Waals surface area contributed by atoms with Crippen molar-refractivity contribution >= 4 is 47.2 Å². The van der Waals surface area contributed by atoms with Crippen LogP contribution in [0.5, 0.6) is 0 Å². The summed E-state index contributed by atoms with van der Waals surface area (Å²) in [6, 6.07) is 0. The van der Waals surface area contributed by atoms with Crippen LogP contribution in [0, 0.1) is 19.8 Å². The summed E-state index contributed by atoms with van der Waals surface area (Å²) < 4.78 is 0. The van der Waals surface area contributed by atoms with Gasteiger partial charge in [0.05, 0.1) is 12.2 Å². The minimum atomic E-state index is 0. The number of thiazole rings is 1. The Kier molecular flexibility index (Phi) is 10.3. The molecule has 1 aliphatic carbocycles. The number of aromatic nitrogens is 1. The monoisotopic (exact) mass is 479 g/mol. The Morgan fingerprint density at radius 2 is 1.84 bits per heavy atom. The first-order chi connectivity index (χ1) is 11.6. The molecule has 0 aromatic carbocycles. The van der Waals surface area contributed by atoms with Crippen LogP contribution in [0.4, 0.5) is 0 Å². The van der Waals surface area contributed by atoms with Crippen molar-refractivity contribution < 1.29 is 4.79 Å². The second-order valence-electron chi connectivity index (χ2n) is 6.23. The molecule has 1 aromatic rings. The summed E-state index contributed by atoms with van der Waals surface area (Å²) >= 11 is 1.70. The molecule has 0 atom stereocenters. The number of nitrogens with one attached hydrogen (secondary N) is 3. The van der Waals surface area contributed by atoms with E-state index in [9.17, 15) is 4.79 Å². The first-order valence-electron chi connectivity index (χ1n) is 8.75. The van der Waals surface area contributed by atoms with Gasteiger partial charge in [0.2, 0.25) is 5.91 Å². The van der Waals surface area contributed by atoms with Crippen LogP contribution >= 0.6 is 35.3 Å². The van der Waals surface area contributed by atoms with Crippen LogP contribution in [0.3, 0.4) is 0 Å². The fourth-order valence-electron chi connectivity index (χ4n) is 2.87. The highest BCUT2D eigenvalue weighted by Crippen LogP contribution is 2.23. The highest BCUT2D eigenvalue weighted by atomic mass is 127. The van der Waals surface area contributed by atoms with E-state index < -0.39 is 0 Å². The Bertz CT molecular complexity index is 550. The maximum atomic E-state index is 12.1. The van der Waals surface area contributed by atoms with Crippen molar-refractivity contribution in [1.82, 2.24) is 20.9 Å². The lowest BCUT2D eigenvalue weighted by Gasteiger charge is -2.20. The molecular weight excluding hydrogens is 449 g/mol. The van der Waals surface area contributed by atoms with Crippen molar-refractivity contribution in [2.75, 3.05) is 20.1 Å². The summed E-state index contributed by atoms with van der Waals surface area (Å²) in [4.78, 5) is 22.0. The zero-order valence-electron chi connectivity index (χ0n) is 15.4. The zero-order chi connectivity index (χ0) is 17.4. The van der Waals surface area contributed by atoms with Crippen LogP contribution in [0.1, 0.15) is 47.7 Å². The highest BCUT2D eigenvalue weighted by molar-refractivity contribution is 14.0. The van der Waals surface area contributed by atoms with Gasteiger partial charge >= 0.3 is 0 Å². The van der Waals surface area contributed by atoms with E-state index in [0.29, 0.717) is 19.6 Å². The highest BCUT2D eigenvalue weighted by Gasteiger charge is 2.20. The fourth-order valence-corrected chi connectivity index (χ4v) is 3.74. The molecule has 1 fully saturated rings. The molecule has 1 aliphatic rings. The average molecular weight is 479 g/mol. The summed E-state index contributed by atoms with van der Waals surface area (Å²) in [7, 11) is 1.74. The lowest BCUT2D eigenvalue weighted by atomic mass is 9.89. The molecule has 0 radical (unpaired) electrons. The molecule has 2 rings (SSSR count). The maximum Gasteiger partial charge on any atom is 0.223 e. The smallest absolute Gasteiger partial charge is 0.223 e. The molecule has 3 N–H and O–H groups in total. The molecule has 8 heteroatoms. The van der Waals surface area contributed by atoms with Gasteiger partial charge in [0, 0.05) is 30.9 Å². The molecule has 1 aromatic heterocycles. The van der Waals surface area contributed by atoms with Gasteiger partial charge in [-0.1, -0.05) is 19.3 Å². The lowest BCUT2D eigenvalue weighted by Crippen LogP contribution is -2.42. The van der Waals surface area contributed by atoms with Crippen molar-refractivity contribution in [2.45, 2.75) is 52.5 Å². The van der Waals surface area contributed by atoms with Gasteiger partial charge in [0.25, 0.3) is 0 Å². The Morgan fingerprint density at radius 1 is 1.16 bits per heavy atom. The number of aryl methyl sites for hydroxylation is 2. The fraction of sp³-hybridized carbons (Fsp3) is 0.706. The van der Waals surface area contributed by atoms with Gasteiger partial charge in [-0.2, -0.15) is 0 Å². The number of hydrogen-bond donors (Lipinski definition) is 3. The Hall–Kier alpha value is -0.900. The molecule has 0 spiro atoms. The molecular formula is C17H30IN5OS. The Labute approximate surface area is 171 Å². The van der Waals surface area contributed by atoms with Gasteiger partial charge < -0.3 is 16.0 Å². The maximum absolute atomic E-state index is 12.1. The number of guanidine groups is 1. The average Bonchev–Trinajstić information content (AvgIpc) is 2.93. The van der Waals surface area contributed by atoms with Crippen LogP contribution in [0.25, 0.3) is 0 Å². The molecule has 25 heavy (non-hydrogen) atoms. The summed E-state index contributed by atoms with van der Waals surface area (Å²) in [5, 5.41) is 10.5. The predicted octanol–water partition coefficient (Wildman–Crippen LogP) is 2.74. The summed E-state index contributed by atoms with van der Waals surface area (Å²) in [5.41, 5.74) is 1.09. The second kappa shape index (κ2) is 11.7. The number of hydrogen-bond acceptors (Lipinski definition) is 4. The molecule has 6 nitrogen and oxygen atoms in total. The van der Waals surface area contributed by atoms with Gasteiger partial charge in [0.15, 0.2) is 5.96 Å². The number of carbonyl (C=O) groups is 1. The van der Waals surface area contributed by atoms with Crippen LogP contribution < -0.4 is 16.0 Å². The molecule has 142 valence electrons. The summed E-state index contributed by atoms with van der Waals surface area (Å²) in [6.45, 7) is 6.04. The van der Waals surface area contributed by atoms with Gasteiger partial charge in [-0.3, -0.25) is 9.79 Å². The van der Waals surface area contributed by atoms with E-state index in [0.717, 1.165) is 29.5 Å². The molecule has 1 heterocycles. The minimum absolute atomic E-state index is 0. The van der Waals surface area contributed by atoms with E-state index >= 15 is 0 Å². The topological polar surface area (TPSA) is 78.4 Å². The number of aliphatic imine (C=N–C) groups is 1. The van der Waals surface area contributed by atoms with Crippen molar-refractivity contribution in [3.05, 3.63) is 15.6 Å². The van der Waals surface area contributed by atoms with Gasteiger partial charge in [-0.05, 0) is 26.7 Å². The van der Waals surface area contributed by atoms with E-state index in [1.807, 2.05) is 6.92 Å². The van der Waals surface area contributed by atoms with Gasteiger partial charge in [-0.15, -0.1) is 35.3 Å². The first kappa shape index (κ1) is 22.1. The van der Waals surface area contributed by atoms with Gasteiger partial charge in [0.1, 0.15) is 5.01 Å². The van der Waals surface area contributed by atoms with Crippen molar-refractivity contribution in [3.8, 4) is 0 Å². The third-order valence-corrected chi connectivity index (χ3v) is 5.47. The predicted molar refractivity (Wildman–Crippen MR) is 115 cm³/mol. The third-order valence-electron chi connectivity index (χ3n) is 4.40. The second-order valence-corrected chi connectivity index (χ2v) is 7.52. The van der Waals surface area contributed by atoms with Crippen LogP contribution in [-0.2, 0) is 11.3 Å². The number of nitrogens with zero attached hydrogens (tertiary/aromatic N) is 2. The van der Waals surface area contributed by atoms with Crippen LogP contribution in [0.2, 0.25) is 0 Å². The quantitative estimate of drug-likeness (QED) is 0.254. The molecule has 0 bridgehead atoms. The molecule has 0 unspecified atom stereocenters. The normalized spacial score (nSPS) is 15.4. The zero-order valence-corrected chi connectivity index (χ0v) is 18.5. The first-order valence-corrected chi connectivity index (χ1v) is 9.57. The van der Waals surface area contributed by atoms with Crippen molar-refractivity contribution in [1.29, 1.82) is 0 Å². The van der Waals surface area contributed by atoms with Crippen LogP contribution in [0.15, 0.2) is 4.99 Å². The SMILES string of the molecule is CN=C(NCCNC(=O)C1CCCCC1)NCc1nc(C)c(C)s1.I. The molecule has 1 amide bonds. The summed E-state index contributed by atoms with van der Waals surface area (Å²) in [5.74, 6) is 1.15. The van der Waals surface area contributed by atoms with Crippen molar-refractivity contribution in [3.63, 3.8) is 0 Å².